The number of carbonyl (C=O) groups excluding carboxylic acids is 1. The van der Waals surface area contributed by atoms with E-state index in [1.54, 1.807) is 11.8 Å². The third-order valence-electron chi connectivity index (χ3n) is 3.43. The van der Waals surface area contributed by atoms with Crippen LogP contribution in [0.25, 0.3) is 0 Å². The molecular weight excluding hydrogens is 362 g/mol. The average Bonchev–Trinajstić information content (AvgIpc) is 2.62. The minimum atomic E-state index is -0.0509. The van der Waals surface area contributed by atoms with E-state index in [9.17, 15) is 4.79 Å². The SMILES string of the molecule is Cc1cc(SCC(=O)Nc2ccccc2Sc2ccccc2)nc(C)n1. The molecule has 0 aliphatic rings. The van der Waals surface area contributed by atoms with Gasteiger partial charge in [-0.15, -0.1) is 0 Å². The van der Waals surface area contributed by atoms with E-state index in [1.807, 2.05) is 62.4 Å². The number of para-hydroxylation sites is 1. The van der Waals surface area contributed by atoms with Crippen molar-refractivity contribution in [2.75, 3.05) is 11.1 Å². The summed E-state index contributed by atoms with van der Waals surface area (Å²) < 4.78 is 0. The number of thioether (sulfide) groups is 1. The number of anilines is 1. The number of hydrogen-bond acceptors (Lipinski definition) is 5. The Morgan fingerprint density at radius 1 is 1.00 bits per heavy atom. The predicted octanol–water partition coefficient (Wildman–Crippen LogP) is 4.98. The molecule has 4 nitrogen and oxygen atoms in total. The topological polar surface area (TPSA) is 54.9 Å². The minimum Gasteiger partial charge on any atom is -0.324 e. The number of rotatable bonds is 6. The van der Waals surface area contributed by atoms with Gasteiger partial charge < -0.3 is 5.32 Å². The molecule has 0 unspecified atom stereocenters. The van der Waals surface area contributed by atoms with Gasteiger partial charge in [0.15, 0.2) is 0 Å². The third kappa shape index (κ3) is 5.34. The van der Waals surface area contributed by atoms with Crippen LogP contribution in [-0.2, 0) is 4.79 Å². The maximum atomic E-state index is 12.4. The minimum absolute atomic E-state index is 0.0509. The maximum absolute atomic E-state index is 12.4. The van der Waals surface area contributed by atoms with E-state index in [1.165, 1.54) is 11.8 Å². The predicted molar refractivity (Wildman–Crippen MR) is 108 cm³/mol. The van der Waals surface area contributed by atoms with Crippen LogP contribution in [0.15, 0.2) is 75.5 Å². The molecule has 0 atom stereocenters. The Balaban J connectivity index is 1.64. The quantitative estimate of drug-likeness (QED) is 0.482. The van der Waals surface area contributed by atoms with Crippen LogP contribution in [0.1, 0.15) is 11.5 Å². The van der Waals surface area contributed by atoms with Gasteiger partial charge in [0.2, 0.25) is 5.91 Å². The highest BCUT2D eigenvalue weighted by Gasteiger charge is 2.09. The van der Waals surface area contributed by atoms with Crippen molar-refractivity contribution in [3.05, 3.63) is 72.2 Å². The summed E-state index contributed by atoms with van der Waals surface area (Å²) in [7, 11) is 0. The van der Waals surface area contributed by atoms with Gasteiger partial charge in [0.1, 0.15) is 10.9 Å². The molecule has 0 saturated heterocycles. The van der Waals surface area contributed by atoms with Gasteiger partial charge in [0.05, 0.1) is 11.4 Å². The molecule has 1 amide bonds. The molecular formula is C20H19N3OS2. The molecule has 0 radical (unpaired) electrons. The van der Waals surface area contributed by atoms with Crippen molar-refractivity contribution in [1.29, 1.82) is 0 Å². The number of benzene rings is 2. The third-order valence-corrected chi connectivity index (χ3v) is 5.42. The second kappa shape index (κ2) is 8.87. The van der Waals surface area contributed by atoms with Gasteiger partial charge >= 0.3 is 0 Å². The van der Waals surface area contributed by atoms with Crippen molar-refractivity contribution in [3.8, 4) is 0 Å². The van der Waals surface area contributed by atoms with E-state index >= 15 is 0 Å². The van der Waals surface area contributed by atoms with E-state index in [0.29, 0.717) is 5.75 Å². The molecule has 1 N–H and O–H groups in total. The molecule has 1 heterocycles. The van der Waals surface area contributed by atoms with E-state index in [2.05, 4.69) is 27.4 Å². The molecule has 1 aromatic heterocycles. The number of hydrogen-bond donors (Lipinski definition) is 1. The molecule has 0 bridgehead atoms. The average molecular weight is 382 g/mol. The maximum Gasteiger partial charge on any atom is 0.234 e. The normalized spacial score (nSPS) is 10.5. The molecule has 0 spiro atoms. The lowest BCUT2D eigenvalue weighted by atomic mass is 10.3. The summed E-state index contributed by atoms with van der Waals surface area (Å²) in [6.45, 7) is 3.78. The number of nitrogens with one attached hydrogen (secondary N) is 1. The van der Waals surface area contributed by atoms with Crippen LogP contribution in [0.2, 0.25) is 0 Å². The van der Waals surface area contributed by atoms with E-state index in [4.69, 9.17) is 0 Å². The summed E-state index contributed by atoms with van der Waals surface area (Å²) in [6, 6.07) is 19.8. The number of amides is 1. The summed E-state index contributed by atoms with van der Waals surface area (Å²) in [5.41, 5.74) is 1.73. The molecule has 132 valence electrons. The fraction of sp³-hybridized carbons (Fsp3) is 0.150. The molecule has 0 aliphatic heterocycles. The van der Waals surface area contributed by atoms with Gasteiger partial charge in [0, 0.05) is 15.5 Å². The Morgan fingerprint density at radius 2 is 1.73 bits per heavy atom. The molecule has 6 heteroatoms. The van der Waals surface area contributed by atoms with E-state index < -0.39 is 0 Å². The van der Waals surface area contributed by atoms with Gasteiger partial charge in [-0.05, 0) is 44.2 Å². The Hall–Kier alpha value is -2.31. The summed E-state index contributed by atoms with van der Waals surface area (Å²) in [6.07, 6.45) is 0. The van der Waals surface area contributed by atoms with Crippen LogP contribution in [-0.4, -0.2) is 21.6 Å². The van der Waals surface area contributed by atoms with Crippen LogP contribution in [0.5, 0.6) is 0 Å². The van der Waals surface area contributed by atoms with Gasteiger partial charge in [-0.25, -0.2) is 9.97 Å². The molecule has 3 rings (SSSR count). The number of carbonyl (C=O) groups is 1. The lowest BCUT2D eigenvalue weighted by Gasteiger charge is -2.11. The fourth-order valence-corrected chi connectivity index (χ4v) is 4.08. The largest absolute Gasteiger partial charge is 0.324 e. The number of aryl methyl sites for hydroxylation is 2. The van der Waals surface area contributed by atoms with Gasteiger partial charge in [-0.1, -0.05) is 53.9 Å². The number of nitrogens with zero attached hydrogens (tertiary/aromatic N) is 2. The monoisotopic (exact) mass is 381 g/mol. The van der Waals surface area contributed by atoms with Gasteiger partial charge in [-0.2, -0.15) is 0 Å². The van der Waals surface area contributed by atoms with Crippen LogP contribution in [0, 0.1) is 13.8 Å². The van der Waals surface area contributed by atoms with Crippen LogP contribution in [0.4, 0.5) is 5.69 Å². The first-order valence-electron chi connectivity index (χ1n) is 8.17. The Kier molecular flexibility index (Phi) is 6.30. The zero-order valence-corrected chi connectivity index (χ0v) is 16.2. The first-order chi connectivity index (χ1) is 12.6. The summed E-state index contributed by atoms with van der Waals surface area (Å²) in [5, 5.41) is 3.82. The van der Waals surface area contributed by atoms with Crippen molar-refractivity contribution in [1.82, 2.24) is 9.97 Å². The molecule has 0 aliphatic carbocycles. The Morgan fingerprint density at radius 3 is 2.50 bits per heavy atom. The van der Waals surface area contributed by atoms with Crippen molar-refractivity contribution < 1.29 is 4.79 Å². The highest BCUT2D eigenvalue weighted by molar-refractivity contribution is 8.00. The molecule has 26 heavy (non-hydrogen) atoms. The van der Waals surface area contributed by atoms with E-state index in [-0.39, 0.29) is 5.91 Å². The lowest BCUT2D eigenvalue weighted by molar-refractivity contribution is -0.113. The Bertz CT molecular complexity index is 880. The Labute approximate surface area is 161 Å². The van der Waals surface area contributed by atoms with E-state index in [0.717, 1.165) is 32.0 Å². The van der Waals surface area contributed by atoms with Crippen molar-refractivity contribution in [3.63, 3.8) is 0 Å². The van der Waals surface area contributed by atoms with Crippen LogP contribution in [0.3, 0.4) is 0 Å². The molecule has 0 fully saturated rings. The van der Waals surface area contributed by atoms with Crippen LogP contribution >= 0.6 is 23.5 Å². The van der Waals surface area contributed by atoms with Crippen molar-refractivity contribution in [2.24, 2.45) is 0 Å². The van der Waals surface area contributed by atoms with Crippen LogP contribution < -0.4 is 5.32 Å². The van der Waals surface area contributed by atoms with Crippen molar-refractivity contribution >= 4 is 35.1 Å². The standard InChI is InChI=1S/C20H19N3OS2/c1-14-12-20(22-15(2)21-14)25-13-19(24)23-17-10-6-7-11-18(17)26-16-8-4-3-5-9-16/h3-12H,13H2,1-2H3,(H,23,24). The first kappa shape index (κ1) is 18.5. The second-order valence-corrected chi connectivity index (χ2v) is 7.75. The van der Waals surface area contributed by atoms with Crippen molar-refractivity contribution in [2.45, 2.75) is 28.7 Å². The molecule has 3 aromatic rings. The first-order valence-corrected chi connectivity index (χ1v) is 9.97. The summed E-state index contributed by atoms with van der Waals surface area (Å²) >= 11 is 3.05. The zero-order chi connectivity index (χ0) is 18.4. The molecule has 0 saturated carbocycles. The highest BCUT2D eigenvalue weighted by Crippen LogP contribution is 2.33. The smallest absolute Gasteiger partial charge is 0.234 e. The fourth-order valence-electron chi connectivity index (χ4n) is 2.36. The highest BCUT2D eigenvalue weighted by atomic mass is 32.2. The second-order valence-electron chi connectivity index (χ2n) is 5.64. The lowest BCUT2D eigenvalue weighted by Crippen LogP contribution is -2.14. The summed E-state index contributed by atoms with van der Waals surface area (Å²) in [5.74, 6) is 0.975. The van der Waals surface area contributed by atoms with Gasteiger partial charge in [-0.3, -0.25) is 4.79 Å². The van der Waals surface area contributed by atoms with Gasteiger partial charge in [0.25, 0.3) is 0 Å². The zero-order valence-electron chi connectivity index (χ0n) is 14.6. The molecule has 2 aromatic carbocycles. The summed E-state index contributed by atoms with van der Waals surface area (Å²) in [4.78, 5) is 23.1. The number of aromatic nitrogens is 2.